The maximum atomic E-state index is 14.0. The molecular formula is C25H29FN6O2. The molecular weight excluding hydrogens is 435 g/mol. The highest BCUT2D eigenvalue weighted by Crippen LogP contribution is 2.32. The van der Waals surface area contributed by atoms with Gasteiger partial charge in [0, 0.05) is 42.4 Å². The van der Waals surface area contributed by atoms with Crippen molar-refractivity contribution >= 4 is 17.4 Å². The van der Waals surface area contributed by atoms with Crippen LogP contribution in [-0.2, 0) is 4.79 Å². The lowest BCUT2D eigenvalue weighted by Gasteiger charge is -2.45. The molecule has 1 aliphatic heterocycles. The van der Waals surface area contributed by atoms with Gasteiger partial charge in [-0.1, -0.05) is 6.07 Å². The Labute approximate surface area is 198 Å². The van der Waals surface area contributed by atoms with Crippen LogP contribution in [0, 0.1) is 18.3 Å². The van der Waals surface area contributed by atoms with E-state index in [9.17, 15) is 19.6 Å². The molecule has 0 unspecified atom stereocenters. The molecule has 2 heterocycles. The number of aryl methyl sites for hydroxylation is 1. The van der Waals surface area contributed by atoms with E-state index >= 15 is 0 Å². The lowest BCUT2D eigenvalue weighted by Crippen LogP contribution is -2.60. The van der Waals surface area contributed by atoms with Crippen LogP contribution in [0.3, 0.4) is 0 Å². The van der Waals surface area contributed by atoms with Gasteiger partial charge in [-0.25, -0.2) is 9.37 Å². The molecule has 0 aliphatic carbocycles. The molecule has 1 aromatic carbocycles. The number of aliphatic hydroxyl groups is 1. The Kier molecular flexibility index (Phi) is 6.66. The van der Waals surface area contributed by atoms with Crippen LogP contribution in [0.1, 0.15) is 31.9 Å². The van der Waals surface area contributed by atoms with E-state index in [1.807, 2.05) is 17.9 Å². The summed E-state index contributed by atoms with van der Waals surface area (Å²) in [6.07, 6.45) is 3.94. The van der Waals surface area contributed by atoms with E-state index < -0.39 is 17.2 Å². The summed E-state index contributed by atoms with van der Waals surface area (Å²) in [5.41, 5.74) is 11.9. The number of carbonyl (C=O) groups is 1. The van der Waals surface area contributed by atoms with Crippen LogP contribution >= 0.6 is 0 Å². The van der Waals surface area contributed by atoms with Gasteiger partial charge in [-0.05, 0) is 63.1 Å². The van der Waals surface area contributed by atoms with E-state index in [-0.39, 0.29) is 11.3 Å². The summed E-state index contributed by atoms with van der Waals surface area (Å²) in [5, 5.41) is 22.4. The molecule has 0 bridgehead atoms. The Morgan fingerprint density at radius 3 is 2.62 bits per heavy atom. The molecule has 1 fully saturated rings. The van der Waals surface area contributed by atoms with Crippen molar-refractivity contribution in [3.63, 3.8) is 0 Å². The number of pyridine rings is 1. The molecule has 1 aromatic heterocycles. The zero-order valence-corrected chi connectivity index (χ0v) is 19.7. The van der Waals surface area contributed by atoms with Crippen molar-refractivity contribution in [1.29, 1.82) is 5.26 Å². The van der Waals surface area contributed by atoms with Crippen molar-refractivity contribution in [2.75, 3.05) is 23.3 Å². The van der Waals surface area contributed by atoms with Gasteiger partial charge >= 0.3 is 0 Å². The average molecular weight is 465 g/mol. The number of β-amino-alcohol motifs (C(OH)–C–C–N with tert-alkyl or cyclic N) is 1. The Bertz CT molecular complexity index is 1210. The van der Waals surface area contributed by atoms with Gasteiger partial charge in [0.1, 0.15) is 17.6 Å². The van der Waals surface area contributed by atoms with Gasteiger partial charge in [-0.15, -0.1) is 0 Å². The number of rotatable bonds is 6. The van der Waals surface area contributed by atoms with Gasteiger partial charge in [-0.2, -0.15) is 5.26 Å². The number of hydrogen-bond acceptors (Lipinski definition) is 7. The minimum atomic E-state index is -1.80. The first kappa shape index (κ1) is 24.7. The Morgan fingerprint density at radius 1 is 1.38 bits per heavy atom. The molecule has 1 amide bonds. The first-order valence-electron chi connectivity index (χ1n) is 10.7. The van der Waals surface area contributed by atoms with Gasteiger partial charge in [0.2, 0.25) is 0 Å². The van der Waals surface area contributed by atoms with E-state index in [2.05, 4.69) is 16.4 Å². The minimum absolute atomic E-state index is 0.0218. The second kappa shape index (κ2) is 9.15. The van der Waals surface area contributed by atoms with Gasteiger partial charge < -0.3 is 26.8 Å². The quantitative estimate of drug-likeness (QED) is 0.380. The van der Waals surface area contributed by atoms with Crippen LogP contribution in [0.5, 0.6) is 0 Å². The Morgan fingerprint density at radius 2 is 2.06 bits per heavy atom. The fourth-order valence-corrected chi connectivity index (χ4v) is 3.61. The van der Waals surface area contributed by atoms with Gasteiger partial charge in [-0.3, -0.25) is 4.79 Å². The molecule has 0 spiro atoms. The zero-order chi connectivity index (χ0) is 25.3. The van der Waals surface area contributed by atoms with E-state index in [0.29, 0.717) is 35.7 Å². The number of carbonyl (C=O) groups excluding carboxylic acids is 1. The first-order valence-corrected chi connectivity index (χ1v) is 10.7. The molecule has 2 aromatic rings. The fraction of sp³-hybridized carbons (Fsp3) is 0.320. The second-order valence-corrected chi connectivity index (χ2v) is 9.24. The summed E-state index contributed by atoms with van der Waals surface area (Å²) >= 11 is 0. The lowest BCUT2D eigenvalue weighted by molar-refractivity contribution is -0.112. The number of benzene rings is 1. The van der Waals surface area contributed by atoms with Gasteiger partial charge in [0.15, 0.2) is 0 Å². The standard InChI is InChI=1S/C25H29FN6O2/c1-15-5-6-19(31-23(33)17(11-28)8-21(29)24(2,3)26)9-20(15)18-7-16(10-27)22(30-12-18)32-13-25(4,34)14-32/h5-9,11-12,34H,13-14,28-29H2,1-4H3,(H,31,33)/b17-11+,21-8-. The van der Waals surface area contributed by atoms with Crippen molar-refractivity contribution in [3.8, 4) is 17.2 Å². The number of alkyl halides is 1. The number of nitrogens with two attached hydrogens (primary N) is 2. The molecule has 0 saturated carbocycles. The fourth-order valence-electron chi connectivity index (χ4n) is 3.61. The van der Waals surface area contributed by atoms with Crippen LogP contribution in [0.4, 0.5) is 15.9 Å². The normalized spacial score (nSPS) is 16.0. The SMILES string of the molecule is Cc1ccc(NC(=O)C(/C=C(\N)C(C)(C)F)=C/N)cc1-c1cnc(N2CC(C)(O)C2)c(C#N)c1. The molecule has 1 aliphatic rings. The number of hydrogen-bond donors (Lipinski definition) is 4. The second-order valence-electron chi connectivity index (χ2n) is 9.24. The number of nitrogens with one attached hydrogen (secondary N) is 1. The number of aromatic nitrogens is 1. The summed E-state index contributed by atoms with van der Waals surface area (Å²) in [5.74, 6) is -0.0155. The van der Waals surface area contributed by atoms with E-state index in [1.54, 1.807) is 31.3 Å². The maximum absolute atomic E-state index is 14.0. The highest BCUT2D eigenvalue weighted by atomic mass is 19.1. The maximum Gasteiger partial charge on any atom is 0.257 e. The monoisotopic (exact) mass is 464 g/mol. The topological polar surface area (TPSA) is 141 Å². The minimum Gasteiger partial charge on any atom is -0.404 e. The average Bonchev–Trinajstić information content (AvgIpc) is 2.75. The molecule has 9 heteroatoms. The van der Waals surface area contributed by atoms with E-state index in [1.165, 1.54) is 19.9 Å². The Balaban J connectivity index is 1.87. The Hall–Kier alpha value is -3.90. The summed E-state index contributed by atoms with van der Waals surface area (Å²) in [4.78, 5) is 19.0. The highest BCUT2D eigenvalue weighted by molar-refractivity contribution is 6.06. The van der Waals surface area contributed by atoms with E-state index in [4.69, 9.17) is 11.5 Å². The molecule has 0 atom stereocenters. The van der Waals surface area contributed by atoms with Crippen molar-refractivity contribution in [2.45, 2.75) is 39.0 Å². The third-order valence-corrected chi connectivity index (χ3v) is 5.60. The van der Waals surface area contributed by atoms with Crippen molar-refractivity contribution in [2.24, 2.45) is 11.5 Å². The number of nitrogens with zero attached hydrogens (tertiary/aromatic N) is 3. The summed E-state index contributed by atoms with van der Waals surface area (Å²) in [7, 11) is 0. The molecule has 6 N–H and O–H groups in total. The summed E-state index contributed by atoms with van der Waals surface area (Å²) in [6.45, 7) is 7.04. The number of halogens is 1. The largest absolute Gasteiger partial charge is 0.404 e. The summed E-state index contributed by atoms with van der Waals surface area (Å²) < 4.78 is 14.0. The van der Waals surface area contributed by atoms with Gasteiger partial charge in [0.05, 0.1) is 16.7 Å². The smallest absolute Gasteiger partial charge is 0.257 e. The number of nitriles is 1. The van der Waals surface area contributed by atoms with Crippen LogP contribution in [-0.4, -0.2) is 40.4 Å². The van der Waals surface area contributed by atoms with Crippen LogP contribution < -0.4 is 21.7 Å². The predicted molar refractivity (Wildman–Crippen MR) is 130 cm³/mol. The van der Waals surface area contributed by atoms with Crippen molar-refractivity contribution in [3.05, 3.63) is 65.1 Å². The first-order chi connectivity index (χ1) is 15.8. The third kappa shape index (κ3) is 5.35. The molecule has 178 valence electrons. The van der Waals surface area contributed by atoms with E-state index in [0.717, 1.165) is 17.3 Å². The third-order valence-electron chi connectivity index (χ3n) is 5.60. The van der Waals surface area contributed by atoms with Gasteiger partial charge in [0.25, 0.3) is 5.91 Å². The number of allylic oxidation sites excluding steroid dienone is 1. The van der Waals surface area contributed by atoms with Crippen molar-refractivity contribution in [1.82, 2.24) is 4.98 Å². The zero-order valence-electron chi connectivity index (χ0n) is 19.7. The molecule has 34 heavy (non-hydrogen) atoms. The molecule has 8 nitrogen and oxygen atoms in total. The molecule has 1 saturated heterocycles. The number of amides is 1. The lowest BCUT2D eigenvalue weighted by atomic mass is 9.95. The van der Waals surface area contributed by atoms with Crippen LogP contribution in [0.25, 0.3) is 11.1 Å². The van der Waals surface area contributed by atoms with Crippen molar-refractivity contribution < 1.29 is 14.3 Å². The molecule has 3 rings (SSSR count). The number of anilines is 2. The summed E-state index contributed by atoms with van der Waals surface area (Å²) in [6, 6.07) is 9.24. The van der Waals surface area contributed by atoms with Crippen LogP contribution in [0.15, 0.2) is 54.0 Å². The van der Waals surface area contributed by atoms with Crippen LogP contribution in [0.2, 0.25) is 0 Å². The predicted octanol–water partition coefficient (Wildman–Crippen LogP) is 2.87. The highest BCUT2D eigenvalue weighted by Gasteiger charge is 2.38. The molecule has 0 radical (unpaired) electrons.